The smallest absolute Gasteiger partial charge is 0.233 e. The fourth-order valence-corrected chi connectivity index (χ4v) is 5.27. The lowest BCUT2D eigenvalue weighted by Crippen LogP contribution is -2.48. The van der Waals surface area contributed by atoms with Gasteiger partial charge in [0.1, 0.15) is 5.82 Å². The van der Waals surface area contributed by atoms with Crippen molar-refractivity contribution < 1.29 is 4.79 Å². The lowest BCUT2D eigenvalue weighted by molar-refractivity contribution is -0.134. The average molecular weight is 435 g/mol. The summed E-state index contributed by atoms with van der Waals surface area (Å²) in [5.74, 6) is 1.45. The lowest BCUT2D eigenvalue weighted by atomic mass is 9.98. The fraction of sp³-hybridized carbons (Fsp3) is 0.400. The Labute approximate surface area is 188 Å². The van der Waals surface area contributed by atoms with Crippen LogP contribution in [0.15, 0.2) is 59.8 Å². The van der Waals surface area contributed by atoms with Crippen LogP contribution < -0.4 is 0 Å². The Balaban J connectivity index is 1.59. The Morgan fingerprint density at radius 1 is 1.03 bits per heavy atom. The molecule has 1 fully saturated rings. The number of thioether (sulfide) groups is 1. The van der Waals surface area contributed by atoms with E-state index >= 15 is 0 Å². The molecular formula is C25H30N4OS. The number of benzene rings is 2. The number of rotatable bonds is 6. The van der Waals surface area contributed by atoms with Crippen LogP contribution >= 0.6 is 11.8 Å². The van der Waals surface area contributed by atoms with Crippen molar-refractivity contribution in [1.82, 2.24) is 19.7 Å². The van der Waals surface area contributed by atoms with Gasteiger partial charge in [-0.1, -0.05) is 54.2 Å². The van der Waals surface area contributed by atoms with Gasteiger partial charge in [0.25, 0.3) is 0 Å². The zero-order valence-corrected chi connectivity index (χ0v) is 19.3. The molecular weight excluding hydrogens is 404 g/mol. The molecule has 4 rings (SSSR count). The molecule has 1 saturated heterocycles. The highest BCUT2D eigenvalue weighted by Gasteiger charge is 2.29. The molecule has 0 bridgehead atoms. The molecule has 0 spiro atoms. The highest BCUT2D eigenvalue weighted by atomic mass is 32.2. The molecule has 0 saturated carbocycles. The first kappa shape index (κ1) is 21.6. The predicted octanol–water partition coefficient (Wildman–Crippen LogP) is 5.05. The molecule has 2 atom stereocenters. The normalized spacial score (nSPS) is 18.9. The van der Waals surface area contributed by atoms with E-state index in [0.717, 1.165) is 29.5 Å². The standard InChI is InChI=1S/C25H30N4OS/c1-18-9-7-14-22(15-18)29-23(16-21-12-5-4-6-13-21)26-27-25(29)31-17-24(30)28-19(2)10-8-11-20(28)3/h4-7,9,12-15,19-20H,8,10-11,16-17H2,1-3H3. The third-order valence-electron chi connectivity index (χ3n) is 5.97. The van der Waals surface area contributed by atoms with Crippen molar-refractivity contribution in [2.24, 2.45) is 0 Å². The SMILES string of the molecule is Cc1cccc(-n2c(Cc3ccccc3)nnc2SCC(=O)N2C(C)CCCC2C)c1. The third kappa shape index (κ3) is 5.01. The summed E-state index contributed by atoms with van der Waals surface area (Å²) in [6.07, 6.45) is 4.06. The molecule has 2 aromatic carbocycles. The van der Waals surface area contributed by atoms with Gasteiger partial charge >= 0.3 is 0 Å². The van der Waals surface area contributed by atoms with Crippen molar-refractivity contribution in [1.29, 1.82) is 0 Å². The Hall–Kier alpha value is -2.60. The highest BCUT2D eigenvalue weighted by molar-refractivity contribution is 7.99. The number of amides is 1. The average Bonchev–Trinajstić information content (AvgIpc) is 3.15. The van der Waals surface area contributed by atoms with Crippen LogP contribution in [0.2, 0.25) is 0 Å². The molecule has 3 aromatic rings. The van der Waals surface area contributed by atoms with Crippen molar-refractivity contribution in [3.05, 3.63) is 71.5 Å². The van der Waals surface area contributed by atoms with Crippen molar-refractivity contribution in [3.8, 4) is 5.69 Å². The number of likely N-dealkylation sites (tertiary alicyclic amines) is 1. The Morgan fingerprint density at radius 2 is 1.77 bits per heavy atom. The van der Waals surface area contributed by atoms with Crippen LogP contribution in [0.3, 0.4) is 0 Å². The van der Waals surface area contributed by atoms with Gasteiger partial charge in [-0.25, -0.2) is 0 Å². The largest absolute Gasteiger partial charge is 0.337 e. The van der Waals surface area contributed by atoms with E-state index in [9.17, 15) is 4.79 Å². The van der Waals surface area contributed by atoms with E-state index in [0.29, 0.717) is 24.3 Å². The number of hydrogen-bond acceptors (Lipinski definition) is 4. The van der Waals surface area contributed by atoms with E-state index in [1.807, 2.05) is 24.3 Å². The van der Waals surface area contributed by atoms with E-state index in [4.69, 9.17) is 0 Å². The van der Waals surface area contributed by atoms with Crippen LogP contribution in [0.4, 0.5) is 0 Å². The number of hydrogen-bond donors (Lipinski definition) is 0. The number of aromatic nitrogens is 3. The maximum Gasteiger partial charge on any atom is 0.233 e. The number of aryl methyl sites for hydroxylation is 1. The van der Waals surface area contributed by atoms with Gasteiger partial charge in [0.15, 0.2) is 5.16 Å². The summed E-state index contributed by atoms with van der Waals surface area (Å²) in [5.41, 5.74) is 3.40. The first-order valence-corrected chi connectivity index (χ1v) is 12.0. The molecule has 162 valence electrons. The van der Waals surface area contributed by atoms with Crippen LogP contribution in [0.25, 0.3) is 5.69 Å². The van der Waals surface area contributed by atoms with E-state index in [-0.39, 0.29) is 5.91 Å². The molecule has 0 radical (unpaired) electrons. The topological polar surface area (TPSA) is 51.0 Å². The number of piperidine rings is 1. The summed E-state index contributed by atoms with van der Waals surface area (Å²) in [6.45, 7) is 6.40. The minimum absolute atomic E-state index is 0.188. The number of carbonyl (C=O) groups excluding carboxylic acids is 1. The molecule has 1 aliphatic rings. The lowest BCUT2D eigenvalue weighted by Gasteiger charge is -2.39. The molecule has 1 aliphatic heterocycles. The summed E-state index contributed by atoms with van der Waals surface area (Å²) in [4.78, 5) is 15.1. The van der Waals surface area contributed by atoms with Gasteiger partial charge in [0.2, 0.25) is 5.91 Å². The van der Waals surface area contributed by atoms with Gasteiger partial charge in [-0.05, 0) is 63.3 Å². The van der Waals surface area contributed by atoms with Gasteiger partial charge < -0.3 is 4.90 Å². The quantitative estimate of drug-likeness (QED) is 0.510. The first-order valence-electron chi connectivity index (χ1n) is 11.0. The maximum absolute atomic E-state index is 13.0. The molecule has 31 heavy (non-hydrogen) atoms. The van der Waals surface area contributed by atoms with Gasteiger partial charge in [0, 0.05) is 24.2 Å². The van der Waals surface area contributed by atoms with E-state index in [1.54, 1.807) is 0 Å². The molecule has 5 nitrogen and oxygen atoms in total. The van der Waals surface area contributed by atoms with Crippen LogP contribution in [0.5, 0.6) is 0 Å². The van der Waals surface area contributed by atoms with Gasteiger partial charge in [-0.15, -0.1) is 10.2 Å². The minimum atomic E-state index is 0.188. The zero-order chi connectivity index (χ0) is 21.8. The van der Waals surface area contributed by atoms with Gasteiger partial charge in [0.05, 0.1) is 5.75 Å². The van der Waals surface area contributed by atoms with Gasteiger partial charge in [-0.3, -0.25) is 9.36 Å². The van der Waals surface area contributed by atoms with E-state index < -0.39 is 0 Å². The minimum Gasteiger partial charge on any atom is -0.337 e. The van der Waals surface area contributed by atoms with Gasteiger partial charge in [-0.2, -0.15) is 0 Å². The second kappa shape index (κ2) is 9.69. The summed E-state index contributed by atoms with van der Waals surface area (Å²) in [6, 6.07) is 19.3. The van der Waals surface area contributed by atoms with E-state index in [2.05, 4.69) is 70.8 Å². The molecule has 1 aromatic heterocycles. The summed E-state index contributed by atoms with van der Waals surface area (Å²) in [5, 5.41) is 9.75. The van der Waals surface area contributed by atoms with Crippen LogP contribution in [-0.2, 0) is 11.2 Å². The van der Waals surface area contributed by atoms with Crippen LogP contribution in [0.1, 0.15) is 50.1 Å². The highest BCUT2D eigenvalue weighted by Crippen LogP contribution is 2.27. The van der Waals surface area contributed by atoms with E-state index in [1.165, 1.54) is 29.3 Å². The van der Waals surface area contributed by atoms with Crippen molar-refractivity contribution in [2.75, 3.05) is 5.75 Å². The fourth-order valence-electron chi connectivity index (χ4n) is 4.43. The molecule has 2 unspecified atom stereocenters. The molecule has 0 aliphatic carbocycles. The third-order valence-corrected chi connectivity index (χ3v) is 6.89. The number of nitrogens with zero attached hydrogens (tertiary/aromatic N) is 4. The summed E-state index contributed by atoms with van der Waals surface area (Å²) >= 11 is 1.48. The molecule has 6 heteroatoms. The molecule has 2 heterocycles. The second-order valence-corrected chi connectivity index (χ2v) is 9.40. The molecule has 0 N–H and O–H groups in total. The first-order chi connectivity index (χ1) is 15.0. The van der Waals surface area contributed by atoms with Crippen molar-refractivity contribution >= 4 is 17.7 Å². The number of carbonyl (C=O) groups is 1. The predicted molar refractivity (Wildman–Crippen MR) is 126 cm³/mol. The Bertz CT molecular complexity index is 1020. The van der Waals surface area contributed by atoms with Crippen LogP contribution in [-0.4, -0.2) is 43.4 Å². The van der Waals surface area contributed by atoms with Crippen molar-refractivity contribution in [2.45, 2.75) is 63.7 Å². The monoisotopic (exact) mass is 434 g/mol. The Morgan fingerprint density at radius 3 is 2.48 bits per heavy atom. The second-order valence-electron chi connectivity index (χ2n) is 8.45. The van der Waals surface area contributed by atoms with Crippen LogP contribution in [0, 0.1) is 6.92 Å². The van der Waals surface area contributed by atoms with Crippen molar-refractivity contribution in [3.63, 3.8) is 0 Å². The maximum atomic E-state index is 13.0. The summed E-state index contributed by atoms with van der Waals surface area (Å²) < 4.78 is 2.10. The molecule has 1 amide bonds. The summed E-state index contributed by atoms with van der Waals surface area (Å²) in [7, 11) is 0. The zero-order valence-electron chi connectivity index (χ0n) is 18.5. The Kier molecular flexibility index (Phi) is 6.76.